The molecule has 5 fully saturated rings. The van der Waals surface area contributed by atoms with E-state index in [-0.39, 0.29) is 50.6 Å². The van der Waals surface area contributed by atoms with E-state index in [1.54, 1.807) is 18.2 Å². The fourth-order valence-electron chi connectivity index (χ4n) is 13.9. The Labute approximate surface area is 323 Å². The van der Waals surface area contributed by atoms with E-state index in [1.165, 1.54) is 43.4 Å². The fourth-order valence-corrected chi connectivity index (χ4v) is 13.9. The standard InChI is InChI=1S/C47H64N2O5/c1-29(2)34-17-23-47(42(54)48-26-20-30-9-8-10-33(27-30)40(51)49-28-31-11-13-32(14-12-31)41(52)53)25-24-45(6)35(39(34)47)15-16-37-44(5)21-19-38(50)43(3,4)36(44)18-22-46(37,45)7/h8-14,27,34-39,50H,1,15-26,28H2,2-7H3,(H,48,54)(H,49,51)(H,52,53)/t34-,35?,36?,37?,38-,39?,44-,45+,46+,47-/m0/s1. The fraction of sp³-hybridized carbons (Fsp3) is 0.638. The van der Waals surface area contributed by atoms with Gasteiger partial charge in [-0.3, -0.25) is 9.59 Å². The Morgan fingerprint density at radius 3 is 2.22 bits per heavy atom. The molecule has 4 N–H and O–H groups in total. The molecule has 7 rings (SSSR count). The molecule has 7 heteroatoms. The maximum Gasteiger partial charge on any atom is 0.335 e. The Bertz CT molecular complexity index is 1800. The van der Waals surface area contributed by atoms with Crippen molar-refractivity contribution in [3.63, 3.8) is 0 Å². The second kappa shape index (κ2) is 13.9. The summed E-state index contributed by atoms with van der Waals surface area (Å²) in [5.74, 6) is 1.36. The maximum absolute atomic E-state index is 14.6. The van der Waals surface area contributed by atoms with E-state index in [1.807, 2.05) is 18.2 Å². The van der Waals surface area contributed by atoms with Crippen LogP contribution in [0.2, 0.25) is 0 Å². The van der Waals surface area contributed by atoms with Crippen molar-refractivity contribution in [3.05, 3.63) is 82.9 Å². The van der Waals surface area contributed by atoms with E-state index in [0.29, 0.717) is 54.7 Å². The number of carboxylic acids is 1. The van der Waals surface area contributed by atoms with E-state index in [9.17, 15) is 19.5 Å². The van der Waals surface area contributed by atoms with Gasteiger partial charge in [-0.1, -0.05) is 71.0 Å². The van der Waals surface area contributed by atoms with Gasteiger partial charge < -0.3 is 20.8 Å². The van der Waals surface area contributed by atoms with Crippen LogP contribution in [0.3, 0.4) is 0 Å². The third-order valence-corrected chi connectivity index (χ3v) is 17.0. The molecule has 5 aliphatic carbocycles. The van der Waals surface area contributed by atoms with Crippen molar-refractivity contribution in [2.24, 2.45) is 56.7 Å². The van der Waals surface area contributed by atoms with Crippen LogP contribution in [0.4, 0.5) is 0 Å². The summed E-state index contributed by atoms with van der Waals surface area (Å²) in [6, 6.07) is 14.1. The van der Waals surface area contributed by atoms with E-state index in [0.717, 1.165) is 49.7 Å². The topological polar surface area (TPSA) is 116 Å². The molecule has 0 saturated heterocycles. The minimum absolute atomic E-state index is 0.0601. The number of aliphatic hydroxyl groups is 1. The van der Waals surface area contributed by atoms with Crippen LogP contribution >= 0.6 is 0 Å². The number of nitrogens with one attached hydrogen (secondary N) is 2. The Morgan fingerprint density at radius 1 is 0.778 bits per heavy atom. The van der Waals surface area contributed by atoms with Gasteiger partial charge in [0.1, 0.15) is 0 Å². The molecule has 4 unspecified atom stereocenters. The number of hydrogen-bond donors (Lipinski definition) is 4. The van der Waals surface area contributed by atoms with Crippen LogP contribution in [0.25, 0.3) is 0 Å². The van der Waals surface area contributed by atoms with Gasteiger partial charge in [0.2, 0.25) is 5.91 Å². The number of carbonyl (C=O) groups excluding carboxylic acids is 2. The highest BCUT2D eigenvalue weighted by Crippen LogP contribution is 2.77. The number of allylic oxidation sites excluding steroid dienone is 1. The smallest absolute Gasteiger partial charge is 0.335 e. The van der Waals surface area contributed by atoms with Crippen molar-refractivity contribution in [3.8, 4) is 0 Å². The molecule has 292 valence electrons. The average molecular weight is 737 g/mol. The number of hydrogen-bond acceptors (Lipinski definition) is 4. The first kappa shape index (κ1) is 38.8. The molecule has 2 aromatic rings. The summed E-state index contributed by atoms with van der Waals surface area (Å²) >= 11 is 0. The summed E-state index contributed by atoms with van der Waals surface area (Å²) in [7, 11) is 0. The number of fused-ring (bicyclic) bond motifs is 7. The lowest BCUT2D eigenvalue weighted by Gasteiger charge is -2.72. The minimum atomic E-state index is -0.978. The maximum atomic E-state index is 14.6. The Balaban J connectivity index is 1.04. The lowest BCUT2D eigenvalue weighted by atomic mass is 9.32. The summed E-state index contributed by atoms with van der Waals surface area (Å²) in [6.45, 7) is 20.0. The van der Waals surface area contributed by atoms with Gasteiger partial charge in [0.05, 0.1) is 17.1 Å². The number of carboxylic acid groups (broad SMARTS) is 1. The molecule has 10 atom stereocenters. The molecular formula is C47H64N2O5. The summed E-state index contributed by atoms with van der Waals surface area (Å²) in [4.78, 5) is 38.8. The third-order valence-electron chi connectivity index (χ3n) is 17.0. The SMILES string of the molecule is C=C(C)[C@@H]1CC[C@]2(C(=O)NCCc3cccc(C(=O)NCc4ccc(C(=O)O)cc4)c3)CC[C@]3(C)C(CCC4[C@@]5(C)CC[C@H](O)C(C)(C)C5CC[C@]43C)C12. The van der Waals surface area contributed by atoms with Crippen molar-refractivity contribution in [2.45, 2.75) is 125 Å². The van der Waals surface area contributed by atoms with E-state index < -0.39 is 5.97 Å². The Hall–Kier alpha value is -3.45. The molecule has 5 saturated carbocycles. The summed E-state index contributed by atoms with van der Waals surface area (Å²) < 4.78 is 0. The zero-order valence-corrected chi connectivity index (χ0v) is 33.6. The van der Waals surface area contributed by atoms with Crippen molar-refractivity contribution in [1.82, 2.24) is 10.6 Å². The number of amides is 2. The minimum Gasteiger partial charge on any atom is -0.478 e. The molecule has 7 nitrogen and oxygen atoms in total. The first-order valence-electron chi connectivity index (χ1n) is 20.8. The molecule has 54 heavy (non-hydrogen) atoms. The predicted octanol–water partition coefficient (Wildman–Crippen LogP) is 8.99. The number of benzene rings is 2. The highest BCUT2D eigenvalue weighted by Gasteiger charge is 2.71. The molecule has 0 bridgehead atoms. The van der Waals surface area contributed by atoms with Crippen LogP contribution in [-0.2, 0) is 17.8 Å². The van der Waals surface area contributed by atoms with Crippen molar-refractivity contribution < 1.29 is 24.6 Å². The molecule has 0 aliphatic heterocycles. The van der Waals surface area contributed by atoms with Crippen LogP contribution in [0, 0.1) is 56.7 Å². The van der Waals surface area contributed by atoms with Gasteiger partial charge in [-0.05, 0) is 164 Å². The zero-order valence-electron chi connectivity index (χ0n) is 33.6. The first-order valence-corrected chi connectivity index (χ1v) is 20.8. The highest BCUT2D eigenvalue weighted by molar-refractivity contribution is 5.94. The van der Waals surface area contributed by atoms with Gasteiger partial charge >= 0.3 is 5.97 Å². The predicted molar refractivity (Wildman–Crippen MR) is 213 cm³/mol. The summed E-state index contributed by atoms with van der Waals surface area (Å²) in [5.41, 5.74) is 3.98. The van der Waals surface area contributed by atoms with E-state index >= 15 is 0 Å². The number of carbonyl (C=O) groups is 3. The molecule has 0 aromatic heterocycles. The highest BCUT2D eigenvalue weighted by atomic mass is 16.4. The Morgan fingerprint density at radius 2 is 1.52 bits per heavy atom. The zero-order chi connectivity index (χ0) is 38.8. The molecule has 2 aromatic carbocycles. The lowest BCUT2D eigenvalue weighted by Crippen LogP contribution is -2.67. The second-order valence-electron chi connectivity index (χ2n) is 19.6. The number of rotatable bonds is 9. The largest absolute Gasteiger partial charge is 0.478 e. The van der Waals surface area contributed by atoms with E-state index in [2.05, 4.69) is 58.8 Å². The summed E-state index contributed by atoms with van der Waals surface area (Å²) in [5, 5.41) is 26.6. The van der Waals surface area contributed by atoms with Crippen LogP contribution in [0.1, 0.15) is 138 Å². The van der Waals surface area contributed by atoms with Gasteiger partial charge in [-0.25, -0.2) is 4.79 Å². The van der Waals surface area contributed by atoms with Crippen molar-refractivity contribution in [1.29, 1.82) is 0 Å². The van der Waals surface area contributed by atoms with Gasteiger partial charge in [0, 0.05) is 18.7 Å². The third kappa shape index (κ3) is 6.06. The van der Waals surface area contributed by atoms with Gasteiger partial charge in [-0.15, -0.1) is 0 Å². The monoisotopic (exact) mass is 736 g/mol. The van der Waals surface area contributed by atoms with Gasteiger partial charge in [-0.2, -0.15) is 0 Å². The molecule has 5 aliphatic rings. The van der Waals surface area contributed by atoms with Crippen LogP contribution in [0.5, 0.6) is 0 Å². The summed E-state index contributed by atoms with van der Waals surface area (Å²) in [6.07, 6.45) is 11.2. The number of aliphatic hydroxyl groups excluding tert-OH is 1. The van der Waals surface area contributed by atoms with Crippen LogP contribution in [-0.4, -0.2) is 40.6 Å². The number of aromatic carboxylic acids is 1. The molecule has 2 amide bonds. The first-order chi connectivity index (χ1) is 25.5. The Kier molecular flexibility index (Phi) is 10.0. The lowest BCUT2D eigenvalue weighted by molar-refractivity contribution is -0.246. The molecule has 0 heterocycles. The van der Waals surface area contributed by atoms with Crippen molar-refractivity contribution in [2.75, 3.05) is 6.54 Å². The second-order valence-corrected chi connectivity index (χ2v) is 19.6. The van der Waals surface area contributed by atoms with Gasteiger partial charge in [0.25, 0.3) is 5.91 Å². The quantitative estimate of drug-likeness (QED) is 0.192. The normalized spacial score (nSPS) is 37.8. The molecule has 0 spiro atoms. The van der Waals surface area contributed by atoms with Crippen LogP contribution < -0.4 is 10.6 Å². The van der Waals surface area contributed by atoms with E-state index in [4.69, 9.17) is 5.11 Å². The molecular weight excluding hydrogens is 673 g/mol. The van der Waals surface area contributed by atoms with Gasteiger partial charge in [0.15, 0.2) is 0 Å². The average Bonchev–Trinajstić information content (AvgIpc) is 3.54. The molecule has 0 radical (unpaired) electrons. The van der Waals surface area contributed by atoms with Crippen molar-refractivity contribution >= 4 is 17.8 Å². The van der Waals surface area contributed by atoms with Crippen LogP contribution in [0.15, 0.2) is 60.7 Å².